The second-order valence-electron chi connectivity index (χ2n) is 8.25. The summed E-state index contributed by atoms with van der Waals surface area (Å²) in [6.07, 6.45) is 1.74. The van der Waals surface area contributed by atoms with Gasteiger partial charge in [0.05, 0.1) is 41.7 Å². The van der Waals surface area contributed by atoms with Crippen LogP contribution in [0, 0.1) is 25.6 Å². The SMILES string of the molecule is Cc1nc(C2=C(N)CN(C(=O)c3ccc(F)cc3OCC3CC(N)C3)C2)nc(C)c1Cl. The van der Waals surface area contributed by atoms with Crippen molar-refractivity contribution >= 4 is 23.1 Å². The van der Waals surface area contributed by atoms with E-state index in [0.717, 1.165) is 12.8 Å². The van der Waals surface area contributed by atoms with Crippen molar-refractivity contribution in [2.75, 3.05) is 19.7 Å². The molecule has 0 unspecified atom stereocenters. The van der Waals surface area contributed by atoms with Crippen LogP contribution < -0.4 is 16.2 Å². The van der Waals surface area contributed by atoms with Crippen molar-refractivity contribution in [2.45, 2.75) is 32.7 Å². The van der Waals surface area contributed by atoms with Crippen LogP contribution in [-0.4, -0.2) is 46.5 Å². The summed E-state index contributed by atoms with van der Waals surface area (Å²) < 4.78 is 19.7. The summed E-state index contributed by atoms with van der Waals surface area (Å²) in [5.74, 6) is 0.263. The summed E-state index contributed by atoms with van der Waals surface area (Å²) in [5.41, 5.74) is 14.8. The molecule has 1 aliphatic heterocycles. The van der Waals surface area contributed by atoms with Crippen molar-refractivity contribution in [3.8, 4) is 5.75 Å². The molecule has 1 saturated carbocycles. The number of carbonyl (C=O) groups is 1. The molecule has 2 aliphatic rings. The van der Waals surface area contributed by atoms with Crippen LogP contribution in [-0.2, 0) is 0 Å². The third kappa shape index (κ3) is 4.36. The molecule has 0 saturated heterocycles. The Morgan fingerprint density at radius 1 is 1.26 bits per heavy atom. The van der Waals surface area contributed by atoms with Gasteiger partial charge in [0.2, 0.25) is 0 Å². The molecule has 4 rings (SSSR count). The maximum Gasteiger partial charge on any atom is 0.258 e. The molecule has 7 nitrogen and oxygen atoms in total. The van der Waals surface area contributed by atoms with E-state index in [4.69, 9.17) is 27.8 Å². The molecule has 0 radical (unpaired) electrons. The van der Waals surface area contributed by atoms with E-state index < -0.39 is 5.82 Å². The fraction of sp³-hybridized carbons (Fsp3) is 0.409. The van der Waals surface area contributed by atoms with Crippen LogP contribution in [0.2, 0.25) is 5.02 Å². The summed E-state index contributed by atoms with van der Waals surface area (Å²) in [7, 11) is 0. The number of carbonyl (C=O) groups excluding carboxylic acids is 1. The second kappa shape index (κ2) is 8.43. The lowest BCUT2D eigenvalue weighted by Crippen LogP contribution is -2.39. The number of nitrogens with zero attached hydrogens (tertiary/aromatic N) is 3. The van der Waals surface area contributed by atoms with Crippen LogP contribution in [0.15, 0.2) is 23.9 Å². The van der Waals surface area contributed by atoms with E-state index in [0.29, 0.717) is 51.6 Å². The number of hydrogen-bond acceptors (Lipinski definition) is 6. The molecule has 2 aromatic rings. The molecule has 2 heterocycles. The minimum absolute atomic E-state index is 0.196. The van der Waals surface area contributed by atoms with Crippen molar-refractivity contribution in [1.82, 2.24) is 14.9 Å². The van der Waals surface area contributed by atoms with E-state index >= 15 is 0 Å². The van der Waals surface area contributed by atoms with Gasteiger partial charge in [-0.3, -0.25) is 4.79 Å². The first kappa shape index (κ1) is 21.5. The fourth-order valence-electron chi connectivity index (χ4n) is 3.94. The van der Waals surface area contributed by atoms with Gasteiger partial charge in [-0.25, -0.2) is 14.4 Å². The molecule has 0 atom stereocenters. The predicted octanol–water partition coefficient (Wildman–Crippen LogP) is 2.83. The Bertz CT molecular complexity index is 1040. The molecule has 1 aliphatic carbocycles. The summed E-state index contributed by atoms with van der Waals surface area (Å²) >= 11 is 6.17. The Kier molecular flexibility index (Phi) is 5.85. The van der Waals surface area contributed by atoms with Gasteiger partial charge >= 0.3 is 0 Å². The first-order valence-corrected chi connectivity index (χ1v) is 10.6. The zero-order chi connectivity index (χ0) is 22.3. The largest absolute Gasteiger partial charge is 0.492 e. The third-order valence-electron chi connectivity index (χ3n) is 5.76. The van der Waals surface area contributed by atoms with Crippen molar-refractivity contribution in [1.29, 1.82) is 0 Å². The van der Waals surface area contributed by atoms with Gasteiger partial charge in [-0.2, -0.15) is 0 Å². The van der Waals surface area contributed by atoms with Crippen molar-refractivity contribution in [3.05, 3.63) is 57.5 Å². The van der Waals surface area contributed by atoms with E-state index in [-0.39, 0.29) is 30.8 Å². The Morgan fingerprint density at radius 2 is 1.94 bits per heavy atom. The maximum absolute atomic E-state index is 13.8. The highest BCUT2D eigenvalue weighted by Gasteiger charge is 2.31. The molecule has 1 amide bonds. The van der Waals surface area contributed by atoms with Gasteiger partial charge < -0.3 is 21.1 Å². The Balaban J connectivity index is 1.52. The number of aryl methyl sites for hydroxylation is 2. The highest BCUT2D eigenvalue weighted by molar-refractivity contribution is 6.31. The lowest BCUT2D eigenvalue weighted by Gasteiger charge is -2.32. The molecule has 0 bridgehead atoms. The summed E-state index contributed by atoms with van der Waals surface area (Å²) in [6, 6.07) is 4.14. The third-order valence-corrected chi connectivity index (χ3v) is 6.31. The molecule has 0 spiro atoms. The average molecular weight is 446 g/mol. The number of benzene rings is 1. The highest BCUT2D eigenvalue weighted by atomic mass is 35.5. The van der Waals surface area contributed by atoms with E-state index in [1.165, 1.54) is 18.2 Å². The number of hydrogen-bond donors (Lipinski definition) is 2. The van der Waals surface area contributed by atoms with Crippen LogP contribution in [0.5, 0.6) is 5.75 Å². The molecular weight excluding hydrogens is 421 g/mol. The van der Waals surface area contributed by atoms with E-state index in [9.17, 15) is 9.18 Å². The van der Waals surface area contributed by atoms with Gasteiger partial charge in [0.15, 0.2) is 5.82 Å². The van der Waals surface area contributed by atoms with Gasteiger partial charge in [0, 0.05) is 23.4 Å². The fourth-order valence-corrected chi connectivity index (χ4v) is 4.02. The van der Waals surface area contributed by atoms with Gasteiger partial charge in [-0.05, 0) is 44.7 Å². The quantitative estimate of drug-likeness (QED) is 0.732. The minimum Gasteiger partial charge on any atom is -0.492 e. The van der Waals surface area contributed by atoms with Crippen LogP contribution >= 0.6 is 11.6 Å². The Hall–Kier alpha value is -2.71. The van der Waals surface area contributed by atoms with E-state index in [1.54, 1.807) is 18.7 Å². The molecule has 1 aromatic carbocycles. The Labute approximate surface area is 185 Å². The highest BCUT2D eigenvalue weighted by Crippen LogP contribution is 2.30. The van der Waals surface area contributed by atoms with Crippen molar-refractivity contribution in [3.63, 3.8) is 0 Å². The number of nitrogens with two attached hydrogens (primary N) is 2. The smallest absolute Gasteiger partial charge is 0.258 e. The molecule has 31 heavy (non-hydrogen) atoms. The molecule has 1 fully saturated rings. The van der Waals surface area contributed by atoms with E-state index in [2.05, 4.69) is 9.97 Å². The monoisotopic (exact) mass is 445 g/mol. The number of aromatic nitrogens is 2. The first-order chi connectivity index (χ1) is 14.7. The molecule has 1 aromatic heterocycles. The Morgan fingerprint density at radius 3 is 2.58 bits per heavy atom. The van der Waals surface area contributed by atoms with Crippen LogP contribution in [0.25, 0.3) is 5.57 Å². The number of rotatable bonds is 5. The molecular formula is C22H25ClFN5O2. The molecule has 4 N–H and O–H groups in total. The lowest BCUT2D eigenvalue weighted by molar-refractivity contribution is 0.0790. The zero-order valence-electron chi connectivity index (χ0n) is 17.5. The lowest BCUT2D eigenvalue weighted by atomic mass is 9.82. The summed E-state index contributed by atoms with van der Waals surface area (Å²) in [5, 5.41) is 0.509. The second-order valence-corrected chi connectivity index (χ2v) is 8.62. The van der Waals surface area contributed by atoms with Crippen molar-refractivity contribution < 1.29 is 13.9 Å². The topological polar surface area (TPSA) is 107 Å². The first-order valence-electron chi connectivity index (χ1n) is 10.2. The minimum atomic E-state index is -0.461. The molecule has 9 heteroatoms. The maximum atomic E-state index is 13.8. The standard InChI is InChI=1S/C22H25ClFN5O2/c1-11-20(23)12(2)28-21(27-11)17-8-29(9-18(17)26)22(30)16-4-3-14(24)7-19(16)31-10-13-5-15(25)6-13/h3-4,7,13,15H,5-6,8-10,25-26H2,1-2H3. The van der Waals surface area contributed by atoms with Crippen LogP contribution in [0.1, 0.15) is 40.4 Å². The summed E-state index contributed by atoms with van der Waals surface area (Å²) in [4.78, 5) is 23.7. The van der Waals surface area contributed by atoms with Gasteiger partial charge in [0.1, 0.15) is 11.6 Å². The number of amides is 1. The van der Waals surface area contributed by atoms with Crippen LogP contribution in [0.3, 0.4) is 0 Å². The predicted molar refractivity (Wildman–Crippen MR) is 116 cm³/mol. The van der Waals surface area contributed by atoms with Crippen molar-refractivity contribution in [2.24, 2.45) is 17.4 Å². The normalized spacial score (nSPS) is 20.7. The van der Waals surface area contributed by atoms with Gasteiger partial charge in [0.25, 0.3) is 5.91 Å². The van der Waals surface area contributed by atoms with Gasteiger partial charge in [-0.1, -0.05) is 11.6 Å². The van der Waals surface area contributed by atoms with E-state index in [1.807, 2.05) is 0 Å². The number of ether oxygens (including phenoxy) is 1. The molecule has 164 valence electrons. The van der Waals surface area contributed by atoms with Gasteiger partial charge in [-0.15, -0.1) is 0 Å². The van der Waals surface area contributed by atoms with Crippen LogP contribution in [0.4, 0.5) is 4.39 Å². The summed E-state index contributed by atoms with van der Waals surface area (Å²) in [6.45, 7) is 4.48. The zero-order valence-corrected chi connectivity index (χ0v) is 18.2. The number of halogens is 2. The average Bonchev–Trinajstić information content (AvgIpc) is 3.09.